The number of anilines is 6. The van der Waals surface area contributed by atoms with Gasteiger partial charge in [-0.05, 0) is 186 Å². The number of para-hydroxylation sites is 2. The van der Waals surface area contributed by atoms with Gasteiger partial charge in [0.25, 0.3) is 0 Å². The van der Waals surface area contributed by atoms with Crippen molar-refractivity contribution in [2.24, 2.45) is 0 Å². The van der Waals surface area contributed by atoms with Crippen LogP contribution < -0.4 is 9.80 Å². The number of benzene rings is 8. The Morgan fingerprint density at radius 2 is 0.852 bits per heavy atom. The van der Waals surface area contributed by atoms with Crippen LogP contribution >= 0.6 is 0 Å². The van der Waals surface area contributed by atoms with E-state index in [1.54, 1.807) is 0 Å². The highest BCUT2D eigenvalue weighted by atomic mass is 28.4. The summed E-state index contributed by atoms with van der Waals surface area (Å²) >= 11 is 0. The second-order valence-corrected chi connectivity index (χ2v) is 30.8. The molecule has 0 atom stereocenters. The van der Waals surface area contributed by atoms with Gasteiger partial charge >= 0.3 is 0 Å². The van der Waals surface area contributed by atoms with Crippen molar-refractivity contribution in [2.75, 3.05) is 9.80 Å². The SMILES string of the molecule is Cc1cc(N(c2ccccc2)c2ccc3cc4c(cc3c2)C([Si](C)(C)C)([Si](C)(C)C)c2cc(N(c3ccccc3)c3cc(C)c(C)c(C)c3)c3ccccc3c2-4)cc(C)c1C. The molecule has 306 valence electrons. The first-order chi connectivity index (χ1) is 29.0. The van der Waals surface area contributed by atoms with E-state index >= 15 is 0 Å². The maximum Gasteiger partial charge on any atom is 0.0579 e. The van der Waals surface area contributed by atoms with Crippen molar-refractivity contribution in [1.82, 2.24) is 0 Å². The van der Waals surface area contributed by atoms with Gasteiger partial charge in [0, 0.05) is 38.5 Å². The van der Waals surface area contributed by atoms with Crippen LogP contribution in [0.3, 0.4) is 0 Å². The van der Waals surface area contributed by atoms with Crippen molar-refractivity contribution in [3.8, 4) is 11.1 Å². The second-order valence-electron chi connectivity index (χ2n) is 19.8. The second kappa shape index (κ2) is 14.7. The monoisotopic (exact) mass is 828 g/mol. The number of fused-ring (bicyclic) bond motifs is 6. The van der Waals surface area contributed by atoms with Gasteiger partial charge in [0.1, 0.15) is 0 Å². The van der Waals surface area contributed by atoms with Crippen molar-refractivity contribution in [3.63, 3.8) is 0 Å². The van der Waals surface area contributed by atoms with Crippen LogP contribution in [-0.2, 0) is 4.66 Å². The van der Waals surface area contributed by atoms with Gasteiger partial charge in [-0.3, -0.25) is 0 Å². The predicted molar refractivity (Wildman–Crippen MR) is 272 cm³/mol. The van der Waals surface area contributed by atoms with Gasteiger partial charge in [-0.25, -0.2) is 0 Å². The summed E-state index contributed by atoms with van der Waals surface area (Å²) in [6.07, 6.45) is 0. The van der Waals surface area contributed by atoms with E-state index in [0.29, 0.717) is 0 Å². The minimum Gasteiger partial charge on any atom is -0.310 e. The quantitative estimate of drug-likeness (QED) is 0.141. The number of hydrogen-bond donors (Lipinski definition) is 0. The van der Waals surface area contributed by atoms with Gasteiger partial charge in [-0.1, -0.05) is 112 Å². The summed E-state index contributed by atoms with van der Waals surface area (Å²) in [6.45, 7) is 29.3. The highest BCUT2D eigenvalue weighted by molar-refractivity contribution is 6.99. The summed E-state index contributed by atoms with van der Waals surface area (Å²) in [6, 6.07) is 55.6. The van der Waals surface area contributed by atoms with Crippen molar-refractivity contribution in [1.29, 1.82) is 0 Å². The molecule has 0 saturated heterocycles. The van der Waals surface area contributed by atoms with Crippen LogP contribution in [-0.4, -0.2) is 16.1 Å². The molecule has 2 nitrogen and oxygen atoms in total. The molecule has 0 radical (unpaired) electrons. The fraction of sp³-hybridized carbons (Fsp3) is 0.228. The smallest absolute Gasteiger partial charge is 0.0579 e. The fourth-order valence-corrected chi connectivity index (χ4v) is 24.3. The molecule has 8 aromatic carbocycles. The van der Waals surface area contributed by atoms with Gasteiger partial charge in [-0.15, -0.1) is 0 Å². The average Bonchev–Trinajstić information content (AvgIpc) is 3.53. The number of rotatable bonds is 8. The van der Waals surface area contributed by atoms with Gasteiger partial charge in [0.15, 0.2) is 0 Å². The van der Waals surface area contributed by atoms with Crippen LogP contribution in [0, 0.1) is 41.5 Å². The first kappa shape index (κ1) is 40.7. The zero-order valence-electron chi connectivity index (χ0n) is 38.3. The van der Waals surface area contributed by atoms with Gasteiger partial charge in [0.05, 0.1) is 21.8 Å². The lowest BCUT2D eigenvalue weighted by atomic mass is 9.94. The Morgan fingerprint density at radius 3 is 1.38 bits per heavy atom. The molecule has 0 N–H and O–H groups in total. The highest BCUT2D eigenvalue weighted by Crippen LogP contribution is 2.62. The minimum atomic E-state index is -2.05. The minimum absolute atomic E-state index is 0.0700. The molecule has 1 aliphatic rings. The predicted octanol–water partition coefficient (Wildman–Crippen LogP) is 16.8. The molecule has 0 aliphatic heterocycles. The Balaban J connectivity index is 1.35. The van der Waals surface area contributed by atoms with E-state index in [2.05, 4.69) is 236 Å². The molecule has 0 amide bonds. The van der Waals surface area contributed by atoms with E-state index in [1.165, 1.54) is 106 Å². The number of nitrogens with zero attached hydrogens (tertiary/aromatic N) is 2. The molecular formula is C57H60N2Si2. The van der Waals surface area contributed by atoms with Crippen LogP contribution in [0.2, 0.25) is 39.3 Å². The maximum atomic E-state index is 2.65. The third kappa shape index (κ3) is 6.41. The molecule has 0 bridgehead atoms. The Bertz CT molecular complexity index is 2950. The molecule has 1 aliphatic carbocycles. The van der Waals surface area contributed by atoms with Crippen LogP contribution in [0.4, 0.5) is 34.1 Å². The van der Waals surface area contributed by atoms with E-state index in [9.17, 15) is 0 Å². The fourth-order valence-electron chi connectivity index (χ4n) is 11.3. The van der Waals surface area contributed by atoms with E-state index in [0.717, 1.165) is 5.69 Å². The van der Waals surface area contributed by atoms with Crippen LogP contribution in [0.5, 0.6) is 0 Å². The molecule has 4 heteroatoms. The maximum absolute atomic E-state index is 2.65. The molecule has 0 fully saturated rings. The van der Waals surface area contributed by atoms with E-state index in [1.807, 2.05) is 0 Å². The van der Waals surface area contributed by atoms with E-state index < -0.39 is 16.1 Å². The largest absolute Gasteiger partial charge is 0.310 e. The molecule has 0 heterocycles. The molecule has 0 aromatic heterocycles. The molecule has 61 heavy (non-hydrogen) atoms. The van der Waals surface area contributed by atoms with Crippen molar-refractivity contribution in [3.05, 3.63) is 190 Å². The Morgan fingerprint density at radius 1 is 0.377 bits per heavy atom. The standard InChI is InChI=1S/C57H60N2Si2/c1-37-29-48(30-38(2)41(37)5)58(45-21-15-13-16-22-45)47-28-27-43-34-52-53(35-44(43)33-47)57(60(7,8)9,61(10,11)12)54-36-55(50-25-19-20-26-51(50)56(52)54)59(46-23-17-14-18-24-46)49-31-39(3)42(6)40(4)32-49/h13-36H,1-12H3. The lowest BCUT2D eigenvalue weighted by Gasteiger charge is -2.51. The molecule has 9 rings (SSSR count). The lowest BCUT2D eigenvalue weighted by molar-refractivity contribution is 0.954. The van der Waals surface area contributed by atoms with Gasteiger partial charge < -0.3 is 9.80 Å². The Hall–Kier alpha value is -5.69. The summed E-state index contributed by atoms with van der Waals surface area (Å²) in [5, 5.41) is 5.20. The first-order valence-corrected chi connectivity index (χ1v) is 29.0. The van der Waals surface area contributed by atoms with Crippen molar-refractivity contribution >= 4 is 71.8 Å². The molecule has 8 aromatic rings. The van der Waals surface area contributed by atoms with Gasteiger partial charge in [0.2, 0.25) is 0 Å². The summed E-state index contributed by atoms with van der Waals surface area (Å²) in [4.78, 5) is 4.98. The van der Waals surface area contributed by atoms with Crippen molar-refractivity contribution < 1.29 is 0 Å². The van der Waals surface area contributed by atoms with Gasteiger partial charge in [-0.2, -0.15) is 0 Å². The topological polar surface area (TPSA) is 6.48 Å². The highest BCUT2D eigenvalue weighted by Gasteiger charge is 2.59. The van der Waals surface area contributed by atoms with E-state index in [-0.39, 0.29) is 4.66 Å². The average molecular weight is 829 g/mol. The molecule has 0 unspecified atom stereocenters. The number of aryl methyl sites for hydroxylation is 4. The zero-order valence-corrected chi connectivity index (χ0v) is 40.3. The van der Waals surface area contributed by atoms with Crippen molar-refractivity contribution in [2.45, 2.75) is 85.5 Å². The van der Waals surface area contributed by atoms with Crippen LogP contribution in [0.15, 0.2) is 146 Å². The Kier molecular flexibility index (Phi) is 9.84. The molecular weight excluding hydrogens is 769 g/mol. The normalized spacial score (nSPS) is 13.4. The summed E-state index contributed by atoms with van der Waals surface area (Å²) in [5.74, 6) is 0. The summed E-state index contributed by atoms with van der Waals surface area (Å²) in [7, 11) is -4.11. The number of hydrogen-bond acceptors (Lipinski definition) is 2. The zero-order chi connectivity index (χ0) is 43.2. The lowest BCUT2D eigenvalue weighted by Crippen LogP contribution is -2.63. The van der Waals surface area contributed by atoms with E-state index in [4.69, 9.17) is 0 Å². The Labute approximate surface area is 366 Å². The molecule has 0 spiro atoms. The summed E-state index contributed by atoms with van der Waals surface area (Å²) in [5.41, 5.74) is 21.1. The van der Waals surface area contributed by atoms with Crippen LogP contribution in [0.1, 0.15) is 44.5 Å². The third-order valence-corrected chi connectivity index (χ3v) is 24.3. The molecule has 0 saturated carbocycles. The van der Waals surface area contributed by atoms with Crippen LogP contribution in [0.25, 0.3) is 32.7 Å². The third-order valence-electron chi connectivity index (χ3n) is 14.2. The summed E-state index contributed by atoms with van der Waals surface area (Å²) < 4.78 is -0.0700. The first-order valence-electron chi connectivity index (χ1n) is 22.0.